The van der Waals surface area contributed by atoms with Gasteiger partial charge >= 0.3 is 11.8 Å². The van der Waals surface area contributed by atoms with Gasteiger partial charge in [0.05, 0.1) is 23.4 Å². The molecule has 1 aliphatic rings. The zero-order chi connectivity index (χ0) is 19.7. The molecule has 0 saturated carbocycles. The number of nitrogens with zero attached hydrogens (tertiary/aromatic N) is 2. The van der Waals surface area contributed by atoms with Crippen LogP contribution in [0.4, 0.5) is 14.9 Å². The van der Waals surface area contributed by atoms with Gasteiger partial charge in [-0.3, -0.25) is 4.90 Å². The number of carbonyl (C=O) groups is 1. The normalized spacial score (nSPS) is 16.5. The molecule has 144 valence electrons. The van der Waals surface area contributed by atoms with Crippen molar-refractivity contribution in [2.24, 2.45) is 0 Å². The Morgan fingerprint density at radius 2 is 2.07 bits per heavy atom. The fourth-order valence-corrected chi connectivity index (χ4v) is 3.30. The lowest BCUT2D eigenvalue weighted by Gasteiger charge is -2.14. The molecule has 0 unspecified atom stereocenters. The molecule has 0 spiro atoms. The Bertz CT molecular complexity index is 1110. The molecular formula is C19H16FN3O4S. The highest BCUT2D eigenvalue weighted by Gasteiger charge is 2.32. The number of halogens is 1. The van der Waals surface area contributed by atoms with Crippen molar-refractivity contribution in [1.29, 1.82) is 0 Å². The number of thiocarbonyl (C=S) groups is 1. The number of carbonyl (C=O) groups excluding carboxylic acids is 1. The van der Waals surface area contributed by atoms with E-state index < -0.39 is 17.7 Å². The first-order valence-electron chi connectivity index (χ1n) is 8.61. The molecule has 2 heterocycles. The molecule has 1 aromatic heterocycles. The third-order valence-electron chi connectivity index (χ3n) is 4.44. The number of oxazole rings is 1. The van der Waals surface area contributed by atoms with Crippen molar-refractivity contribution in [3.05, 3.63) is 58.8 Å². The van der Waals surface area contributed by atoms with Gasteiger partial charge in [0.15, 0.2) is 5.58 Å². The molecule has 7 nitrogen and oxygen atoms in total. The van der Waals surface area contributed by atoms with Gasteiger partial charge in [0.1, 0.15) is 11.9 Å². The predicted octanol–water partition coefficient (Wildman–Crippen LogP) is 2.64. The van der Waals surface area contributed by atoms with E-state index in [9.17, 15) is 14.0 Å². The van der Waals surface area contributed by atoms with Gasteiger partial charge < -0.3 is 14.5 Å². The van der Waals surface area contributed by atoms with E-state index in [1.54, 1.807) is 35.7 Å². The van der Waals surface area contributed by atoms with Crippen LogP contribution in [-0.4, -0.2) is 41.8 Å². The summed E-state index contributed by atoms with van der Waals surface area (Å²) in [5, 5.41) is 4.59. The van der Waals surface area contributed by atoms with Crippen molar-refractivity contribution in [1.82, 2.24) is 9.88 Å². The maximum atomic E-state index is 14.8. The highest BCUT2D eigenvalue weighted by molar-refractivity contribution is 7.79. The van der Waals surface area contributed by atoms with Crippen LogP contribution in [-0.2, 0) is 4.74 Å². The molecule has 3 aromatic rings. The van der Waals surface area contributed by atoms with E-state index in [4.69, 9.17) is 21.4 Å². The van der Waals surface area contributed by atoms with Crippen LogP contribution in [0.5, 0.6) is 0 Å². The molecule has 0 aliphatic carbocycles. The number of amides is 1. The number of hydrogen-bond donors (Lipinski definition) is 1. The molecule has 4 rings (SSSR count). The smallest absolute Gasteiger partial charge is 0.424 e. The molecule has 1 N–H and O–H groups in total. The molecule has 1 atom stereocenters. The van der Waals surface area contributed by atoms with Crippen LogP contribution in [0.15, 0.2) is 51.7 Å². The number of aromatic nitrogens is 1. The SMILES string of the molecule is O=C1O[C@@H](CNCC=S)CN1c1ccc(-n2c(=O)oc3ccccc32)c(F)c1. The number of benzene rings is 2. The van der Waals surface area contributed by atoms with E-state index >= 15 is 0 Å². The first-order chi connectivity index (χ1) is 13.6. The Morgan fingerprint density at radius 3 is 2.86 bits per heavy atom. The van der Waals surface area contributed by atoms with Gasteiger partial charge in [0.2, 0.25) is 0 Å². The second-order valence-electron chi connectivity index (χ2n) is 6.25. The standard InChI is InChI=1S/C19H16FN3O4S/c20-14-9-12(22-11-13(26-18(22)24)10-21-7-8-28)5-6-15(14)23-16-3-1-2-4-17(16)27-19(23)25/h1-6,8-9,13,21H,7,10-11H2/t13-/m0/s1. The molecular weight excluding hydrogens is 385 g/mol. The Kier molecular flexibility index (Phi) is 4.93. The minimum absolute atomic E-state index is 0.0467. The molecule has 1 fully saturated rings. The summed E-state index contributed by atoms with van der Waals surface area (Å²) in [7, 11) is 0. The largest absolute Gasteiger partial charge is 0.443 e. The predicted molar refractivity (Wildman–Crippen MR) is 106 cm³/mol. The summed E-state index contributed by atoms with van der Waals surface area (Å²) in [4.78, 5) is 25.7. The summed E-state index contributed by atoms with van der Waals surface area (Å²) in [5.41, 5.74) is 1.23. The second-order valence-corrected chi connectivity index (χ2v) is 6.58. The van der Waals surface area contributed by atoms with E-state index in [-0.39, 0.29) is 18.3 Å². The lowest BCUT2D eigenvalue weighted by molar-refractivity contribution is 0.141. The average Bonchev–Trinajstić information content (AvgIpc) is 3.21. The van der Waals surface area contributed by atoms with Crippen molar-refractivity contribution in [2.75, 3.05) is 24.5 Å². The molecule has 0 bridgehead atoms. The van der Waals surface area contributed by atoms with Crippen molar-refractivity contribution in [3.8, 4) is 5.69 Å². The number of anilines is 1. The number of fused-ring (bicyclic) bond motifs is 1. The zero-order valence-corrected chi connectivity index (χ0v) is 15.4. The summed E-state index contributed by atoms with van der Waals surface area (Å²) in [5.74, 6) is -1.33. The number of cyclic esters (lactones) is 1. The number of hydrogen-bond acceptors (Lipinski definition) is 6. The molecule has 0 radical (unpaired) electrons. The van der Waals surface area contributed by atoms with E-state index in [2.05, 4.69) is 5.32 Å². The highest BCUT2D eigenvalue weighted by atomic mass is 32.1. The number of para-hydroxylation sites is 2. The van der Waals surface area contributed by atoms with Gasteiger partial charge in [-0.1, -0.05) is 24.4 Å². The van der Waals surface area contributed by atoms with E-state index in [1.165, 1.54) is 17.0 Å². The van der Waals surface area contributed by atoms with Gasteiger partial charge in [-0.05, 0) is 35.7 Å². The van der Waals surface area contributed by atoms with Crippen LogP contribution in [0, 0.1) is 5.82 Å². The monoisotopic (exact) mass is 401 g/mol. The molecule has 1 amide bonds. The Labute approximate surface area is 164 Å². The summed E-state index contributed by atoms with van der Waals surface area (Å²) >= 11 is 4.74. The molecule has 28 heavy (non-hydrogen) atoms. The van der Waals surface area contributed by atoms with E-state index in [1.807, 2.05) is 0 Å². The maximum absolute atomic E-state index is 14.8. The Hall–Kier alpha value is -3.04. The van der Waals surface area contributed by atoms with Gasteiger partial charge in [0.25, 0.3) is 0 Å². The van der Waals surface area contributed by atoms with Crippen LogP contribution in [0.1, 0.15) is 0 Å². The number of rotatable bonds is 6. The van der Waals surface area contributed by atoms with Crippen LogP contribution >= 0.6 is 12.2 Å². The minimum atomic E-state index is -0.682. The summed E-state index contributed by atoms with van der Waals surface area (Å²) in [6, 6.07) is 11.0. The van der Waals surface area contributed by atoms with Crippen molar-refractivity contribution < 1.29 is 18.3 Å². The van der Waals surface area contributed by atoms with Gasteiger partial charge in [-0.25, -0.2) is 18.5 Å². The third kappa shape index (κ3) is 3.30. The zero-order valence-electron chi connectivity index (χ0n) is 14.6. The Morgan fingerprint density at radius 1 is 1.25 bits per heavy atom. The first kappa shape index (κ1) is 18.3. The molecule has 1 saturated heterocycles. The molecule has 9 heteroatoms. The van der Waals surface area contributed by atoms with Crippen LogP contribution < -0.4 is 16.0 Å². The quantitative estimate of drug-likeness (QED) is 0.506. The van der Waals surface area contributed by atoms with Crippen molar-refractivity contribution in [2.45, 2.75) is 6.10 Å². The maximum Gasteiger partial charge on any atom is 0.424 e. The van der Waals surface area contributed by atoms with Crippen LogP contribution in [0.3, 0.4) is 0 Å². The van der Waals surface area contributed by atoms with Crippen LogP contribution in [0.2, 0.25) is 0 Å². The molecule has 2 aromatic carbocycles. The fraction of sp³-hybridized carbons (Fsp3) is 0.211. The average molecular weight is 401 g/mol. The fourth-order valence-electron chi connectivity index (χ4n) is 3.18. The summed E-state index contributed by atoms with van der Waals surface area (Å²) in [6.07, 6.45) is -0.905. The van der Waals surface area contributed by atoms with Gasteiger partial charge in [-0.2, -0.15) is 0 Å². The lowest BCUT2D eigenvalue weighted by Crippen LogP contribution is -2.31. The minimum Gasteiger partial charge on any atom is -0.443 e. The van der Waals surface area contributed by atoms with Gasteiger partial charge in [-0.15, -0.1) is 0 Å². The number of nitrogens with one attached hydrogen (secondary N) is 1. The Balaban J connectivity index is 1.62. The van der Waals surface area contributed by atoms with Crippen LogP contribution in [0.25, 0.3) is 16.8 Å². The van der Waals surface area contributed by atoms with Crippen molar-refractivity contribution in [3.63, 3.8) is 0 Å². The lowest BCUT2D eigenvalue weighted by atomic mass is 10.2. The van der Waals surface area contributed by atoms with Gasteiger partial charge in [0, 0.05) is 13.1 Å². The topological polar surface area (TPSA) is 76.7 Å². The van der Waals surface area contributed by atoms with E-state index in [0.29, 0.717) is 29.9 Å². The summed E-state index contributed by atoms with van der Waals surface area (Å²) in [6.45, 7) is 1.27. The second kappa shape index (κ2) is 7.53. The summed E-state index contributed by atoms with van der Waals surface area (Å²) < 4.78 is 26.4. The highest BCUT2D eigenvalue weighted by Crippen LogP contribution is 2.26. The van der Waals surface area contributed by atoms with E-state index in [0.717, 1.165) is 4.57 Å². The number of ether oxygens (including phenoxy) is 1. The molecule has 1 aliphatic heterocycles. The first-order valence-corrected chi connectivity index (χ1v) is 9.08. The van der Waals surface area contributed by atoms with Crippen molar-refractivity contribution >= 4 is 40.5 Å². The third-order valence-corrected chi connectivity index (χ3v) is 4.61.